The Kier molecular flexibility index (Phi) is 7.16. The molecule has 0 atom stereocenters. The standard InChI is InChI=1S/C20H18BrN3O3S/c21-14-3-9-18(10-4-14)28-13-19(25)23-15-5-7-16(8-6-15)24-20(26)22-12-17-2-1-11-27-17/h1-11H,12-13H2,(H,23,25)(H2,22,24,26). The molecule has 0 aliphatic rings. The van der Waals surface area contributed by atoms with Crippen LogP contribution < -0.4 is 16.0 Å². The first-order chi connectivity index (χ1) is 13.6. The second kappa shape index (κ2) is 10.0. The summed E-state index contributed by atoms with van der Waals surface area (Å²) in [4.78, 5) is 25.0. The predicted octanol–water partition coefficient (Wildman–Crippen LogP) is 5.09. The van der Waals surface area contributed by atoms with Gasteiger partial charge in [0.05, 0.1) is 18.6 Å². The van der Waals surface area contributed by atoms with Crippen molar-refractivity contribution in [2.75, 3.05) is 16.4 Å². The van der Waals surface area contributed by atoms with Crippen molar-refractivity contribution in [1.29, 1.82) is 0 Å². The minimum Gasteiger partial charge on any atom is -0.467 e. The predicted molar refractivity (Wildman–Crippen MR) is 115 cm³/mol. The Labute approximate surface area is 175 Å². The fourth-order valence-corrected chi connectivity index (χ4v) is 3.23. The lowest BCUT2D eigenvalue weighted by molar-refractivity contribution is -0.113. The van der Waals surface area contributed by atoms with E-state index in [1.165, 1.54) is 11.8 Å². The Bertz CT molecular complexity index is 913. The summed E-state index contributed by atoms with van der Waals surface area (Å²) in [7, 11) is 0. The summed E-state index contributed by atoms with van der Waals surface area (Å²) in [6.07, 6.45) is 1.55. The molecule has 0 radical (unpaired) electrons. The van der Waals surface area contributed by atoms with Gasteiger partial charge in [-0.3, -0.25) is 4.79 Å². The third-order valence-corrected chi connectivity index (χ3v) is 5.15. The molecule has 0 aliphatic heterocycles. The van der Waals surface area contributed by atoms with E-state index in [9.17, 15) is 9.59 Å². The number of nitrogens with one attached hydrogen (secondary N) is 3. The van der Waals surface area contributed by atoms with Crippen molar-refractivity contribution in [2.45, 2.75) is 11.4 Å². The smallest absolute Gasteiger partial charge is 0.319 e. The molecule has 3 amide bonds. The monoisotopic (exact) mass is 459 g/mol. The average molecular weight is 460 g/mol. The van der Waals surface area contributed by atoms with Crippen molar-refractivity contribution in [2.24, 2.45) is 0 Å². The van der Waals surface area contributed by atoms with Crippen molar-refractivity contribution >= 4 is 51.0 Å². The maximum absolute atomic E-state index is 12.1. The van der Waals surface area contributed by atoms with Crippen LogP contribution in [0.1, 0.15) is 5.76 Å². The van der Waals surface area contributed by atoms with Gasteiger partial charge in [-0.05, 0) is 60.7 Å². The summed E-state index contributed by atoms with van der Waals surface area (Å²) in [6.45, 7) is 0.309. The second-order valence-corrected chi connectivity index (χ2v) is 7.72. The summed E-state index contributed by atoms with van der Waals surface area (Å²) in [5.74, 6) is 0.899. The van der Waals surface area contributed by atoms with Gasteiger partial charge in [0.25, 0.3) is 0 Å². The first kappa shape index (κ1) is 20.0. The third kappa shape index (κ3) is 6.47. The number of hydrogen-bond acceptors (Lipinski definition) is 4. The summed E-state index contributed by atoms with van der Waals surface area (Å²) >= 11 is 4.85. The number of urea groups is 1. The number of hydrogen-bond donors (Lipinski definition) is 3. The first-order valence-corrected chi connectivity index (χ1v) is 10.2. The van der Waals surface area contributed by atoms with E-state index in [2.05, 4.69) is 31.9 Å². The molecule has 3 rings (SSSR count). The van der Waals surface area contributed by atoms with Crippen LogP contribution in [0, 0.1) is 0 Å². The molecular formula is C20H18BrN3O3S. The molecular weight excluding hydrogens is 442 g/mol. The van der Waals surface area contributed by atoms with Crippen LogP contribution in [0.15, 0.2) is 80.7 Å². The van der Waals surface area contributed by atoms with E-state index in [0.717, 1.165) is 9.37 Å². The molecule has 0 aliphatic carbocycles. The van der Waals surface area contributed by atoms with Gasteiger partial charge in [0.2, 0.25) is 5.91 Å². The van der Waals surface area contributed by atoms with E-state index in [1.54, 1.807) is 42.7 Å². The molecule has 8 heteroatoms. The molecule has 1 aromatic heterocycles. The highest BCUT2D eigenvalue weighted by Gasteiger charge is 2.06. The highest BCUT2D eigenvalue weighted by Crippen LogP contribution is 2.21. The molecule has 28 heavy (non-hydrogen) atoms. The summed E-state index contributed by atoms with van der Waals surface area (Å²) in [5.41, 5.74) is 1.29. The van der Waals surface area contributed by atoms with Gasteiger partial charge in [-0.25, -0.2) is 4.79 Å². The molecule has 0 saturated carbocycles. The molecule has 144 valence electrons. The number of furan rings is 1. The van der Waals surface area contributed by atoms with E-state index >= 15 is 0 Å². The Morgan fingerprint density at radius 2 is 1.61 bits per heavy atom. The number of carbonyl (C=O) groups is 2. The third-order valence-electron chi connectivity index (χ3n) is 3.61. The van der Waals surface area contributed by atoms with Crippen LogP contribution in [0.4, 0.5) is 16.2 Å². The number of thioether (sulfide) groups is 1. The topological polar surface area (TPSA) is 83.4 Å². The van der Waals surface area contributed by atoms with Gasteiger partial charge in [-0.2, -0.15) is 0 Å². The van der Waals surface area contributed by atoms with Crippen LogP contribution in [0.3, 0.4) is 0 Å². The Morgan fingerprint density at radius 3 is 2.25 bits per heavy atom. The fraction of sp³-hybridized carbons (Fsp3) is 0.100. The summed E-state index contributed by atoms with van der Waals surface area (Å²) in [6, 6.07) is 17.9. The zero-order chi connectivity index (χ0) is 19.8. The Balaban J connectivity index is 1.42. The second-order valence-electron chi connectivity index (χ2n) is 5.76. The summed E-state index contributed by atoms with van der Waals surface area (Å²) in [5, 5.41) is 8.26. The van der Waals surface area contributed by atoms with Crippen molar-refractivity contribution in [3.63, 3.8) is 0 Å². The number of amides is 3. The van der Waals surface area contributed by atoms with E-state index in [1.807, 2.05) is 24.3 Å². The van der Waals surface area contributed by atoms with Gasteiger partial charge in [-0.1, -0.05) is 15.9 Å². The van der Waals surface area contributed by atoms with Crippen LogP contribution in [0.2, 0.25) is 0 Å². The molecule has 0 saturated heterocycles. The zero-order valence-electron chi connectivity index (χ0n) is 14.8. The van der Waals surface area contributed by atoms with Gasteiger partial charge in [0.15, 0.2) is 0 Å². The molecule has 3 aromatic rings. The van der Waals surface area contributed by atoms with Crippen LogP contribution >= 0.6 is 27.7 Å². The minimum absolute atomic E-state index is 0.0928. The number of halogens is 1. The highest BCUT2D eigenvalue weighted by molar-refractivity contribution is 9.10. The van der Waals surface area contributed by atoms with Crippen molar-refractivity contribution < 1.29 is 14.0 Å². The van der Waals surface area contributed by atoms with Crippen LogP contribution in [0.5, 0.6) is 0 Å². The lowest BCUT2D eigenvalue weighted by atomic mass is 10.3. The Hall–Kier alpha value is -2.71. The van der Waals surface area contributed by atoms with Crippen molar-refractivity contribution in [3.8, 4) is 0 Å². The van der Waals surface area contributed by atoms with Crippen LogP contribution in [-0.4, -0.2) is 17.7 Å². The molecule has 1 heterocycles. The number of carbonyl (C=O) groups excluding carboxylic acids is 2. The number of anilines is 2. The molecule has 0 unspecified atom stereocenters. The van der Waals surface area contributed by atoms with E-state index in [-0.39, 0.29) is 11.9 Å². The van der Waals surface area contributed by atoms with Gasteiger partial charge >= 0.3 is 6.03 Å². The van der Waals surface area contributed by atoms with Gasteiger partial charge < -0.3 is 20.4 Å². The molecule has 2 aromatic carbocycles. The summed E-state index contributed by atoms with van der Waals surface area (Å²) < 4.78 is 6.16. The average Bonchev–Trinajstić information content (AvgIpc) is 3.21. The Morgan fingerprint density at radius 1 is 0.929 bits per heavy atom. The van der Waals surface area contributed by atoms with E-state index in [4.69, 9.17) is 4.42 Å². The quantitative estimate of drug-likeness (QED) is 0.429. The lowest BCUT2D eigenvalue weighted by Gasteiger charge is -2.09. The first-order valence-electron chi connectivity index (χ1n) is 8.44. The molecule has 6 nitrogen and oxygen atoms in total. The van der Waals surface area contributed by atoms with Gasteiger partial charge in [-0.15, -0.1) is 11.8 Å². The van der Waals surface area contributed by atoms with E-state index < -0.39 is 0 Å². The zero-order valence-corrected chi connectivity index (χ0v) is 17.2. The van der Waals surface area contributed by atoms with Gasteiger partial charge in [0, 0.05) is 20.7 Å². The maximum Gasteiger partial charge on any atom is 0.319 e. The lowest BCUT2D eigenvalue weighted by Crippen LogP contribution is -2.27. The maximum atomic E-state index is 12.1. The normalized spacial score (nSPS) is 10.3. The molecule has 0 bridgehead atoms. The van der Waals surface area contributed by atoms with E-state index in [0.29, 0.717) is 29.4 Å². The van der Waals surface area contributed by atoms with Crippen molar-refractivity contribution in [3.05, 3.63) is 77.2 Å². The minimum atomic E-state index is -0.334. The largest absolute Gasteiger partial charge is 0.467 e. The van der Waals surface area contributed by atoms with Gasteiger partial charge in [0.1, 0.15) is 5.76 Å². The van der Waals surface area contributed by atoms with Crippen LogP contribution in [-0.2, 0) is 11.3 Å². The molecule has 0 fully saturated rings. The fourth-order valence-electron chi connectivity index (χ4n) is 2.27. The number of rotatable bonds is 7. The van der Waals surface area contributed by atoms with Crippen molar-refractivity contribution in [1.82, 2.24) is 5.32 Å². The number of benzene rings is 2. The highest BCUT2D eigenvalue weighted by atomic mass is 79.9. The SMILES string of the molecule is O=C(CSc1ccc(Br)cc1)Nc1ccc(NC(=O)NCc2ccco2)cc1. The van der Waals surface area contributed by atoms with Crippen LogP contribution in [0.25, 0.3) is 0 Å². The molecule has 3 N–H and O–H groups in total. The molecule has 0 spiro atoms.